The van der Waals surface area contributed by atoms with Crippen molar-refractivity contribution in [2.75, 3.05) is 16.0 Å². The molecule has 2 heterocycles. The van der Waals surface area contributed by atoms with Gasteiger partial charge in [0.15, 0.2) is 11.6 Å². The Balaban J connectivity index is 1.46. The van der Waals surface area contributed by atoms with E-state index in [4.69, 9.17) is 16.3 Å². The van der Waals surface area contributed by atoms with Crippen molar-refractivity contribution >= 4 is 40.9 Å². The quantitative estimate of drug-likeness (QED) is 0.473. The Bertz CT molecular complexity index is 1140. The van der Waals surface area contributed by atoms with Gasteiger partial charge < -0.3 is 20.7 Å². The minimum Gasteiger partial charge on any atom is -0.454 e. The minimum atomic E-state index is -0.672. The first-order valence-electron chi connectivity index (χ1n) is 8.81. The molecule has 0 fully saturated rings. The van der Waals surface area contributed by atoms with Gasteiger partial charge in [-0.2, -0.15) is 0 Å². The predicted molar refractivity (Wildman–Crippen MR) is 111 cm³/mol. The SMILES string of the molecule is O=C(Nc1cccc(Cl)c1)Nc1ccc(Oc2ccnc3c2CNC(=O)N3)c(F)c1. The maximum Gasteiger partial charge on any atom is 0.323 e. The molecule has 1 aliphatic heterocycles. The zero-order chi connectivity index (χ0) is 21.1. The molecule has 0 aliphatic carbocycles. The highest BCUT2D eigenvalue weighted by Crippen LogP contribution is 2.32. The van der Waals surface area contributed by atoms with Crippen molar-refractivity contribution in [2.45, 2.75) is 6.54 Å². The third-order valence-corrected chi connectivity index (χ3v) is 4.40. The van der Waals surface area contributed by atoms with E-state index < -0.39 is 11.8 Å². The summed E-state index contributed by atoms with van der Waals surface area (Å²) in [5.41, 5.74) is 1.34. The lowest BCUT2D eigenvalue weighted by Gasteiger charge is -2.20. The molecule has 10 heteroatoms. The van der Waals surface area contributed by atoms with Crippen molar-refractivity contribution < 1.29 is 18.7 Å². The Morgan fingerprint density at radius 2 is 1.90 bits per heavy atom. The normalized spacial score (nSPS) is 12.3. The second-order valence-electron chi connectivity index (χ2n) is 6.28. The minimum absolute atomic E-state index is 0.0406. The Morgan fingerprint density at radius 1 is 1.10 bits per heavy atom. The van der Waals surface area contributed by atoms with Crippen LogP contribution in [0.2, 0.25) is 5.02 Å². The number of hydrogen-bond donors (Lipinski definition) is 4. The van der Waals surface area contributed by atoms with E-state index in [0.29, 0.717) is 27.8 Å². The molecule has 2 aromatic carbocycles. The van der Waals surface area contributed by atoms with Gasteiger partial charge in [0, 0.05) is 28.7 Å². The van der Waals surface area contributed by atoms with E-state index in [2.05, 4.69) is 26.3 Å². The maximum absolute atomic E-state index is 14.5. The van der Waals surface area contributed by atoms with Crippen molar-refractivity contribution in [3.8, 4) is 11.5 Å². The number of benzene rings is 2. The molecule has 0 saturated carbocycles. The molecular weight excluding hydrogens is 413 g/mol. The van der Waals surface area contributed by atoms with Crippen LogP contribution in [0.3, 0.4) is 0 Å². The van der Waals surface area contributed by atoms with Gasteiger partial charge in [0.2, 0.25) is 0 Å². The van der Waals surface area contributed by atoms with E-state index in [1.165, 1.54) is 18.3 Å². The monoisotopic (exact) mass is 427 g/mol. The van der Waals surface area contributed by atoms with Crippen LogP contribution in [0.5, 0.6) is 11.5 Å². The van der Waals surface area contributed by atoms with Crippen LogP contribution in [0.25, 0.3) is 0 Å². The number of carbonyl (C=O) groups excluding carboxylic acids is 2. The lowest BCUT2D eigenvalue weighted by atomic mass is 10.2. The van der Waals surface area contributed by atoms with Crippen LogP contribution < -0.4 is 26.0 Å². The number of hydrogen-bond acceptors (Lipinski definition) is 4. The number of pyridine rings is 1. The van der Waals surface area contributed by atoms with Crippen LogP contribution in [-0.4, -0.2) is 17.0 Å². The Hall–Kier alpha value is -3.85. The first kappa shape index (κ1) is 19.5. The van der Waals surface area contributed by atoms with Gasteiger partial charge in [-0.1, -0.05) is 17.7 Å². The van der Waals surface area contributed by atoms with Crippen LogP contribution in [-0.2, 0) is 6.54 Å². The number of urea groups is 2. The van der Waals surface area contributed by atoms with Gasteiger partial charge in [-0.25, -0.2) is 19.0 Å². The Morgan fingerprint density at radius 3 is 2.67 bits per heavy atom. The molecule has 0 saturated heterocycles. The van der Waals surface area contributed by atoms with Crippen molar-refractivity contribution in [2.24, 2.45) is 0 Å². The van der Waals surface area contributed by atoms with Gasteiger partial charge in [0.1, 0.15) is 11.6 Å². The predicted octanol–water partition coefficient (Wildman–Crippen LogP) is 4.95. The molecule has 1 aliphatic rings. The summed E-state index contributed by atoms with van der Waals surface area (Å²) in [6, 6.07) is 11.3. The largest absolute Gasteiger partial charge is 0.454 e. The molecule has 4 N–H and O–H groups in total. The smallest absolute Gasteiger partial charge is 0.323 e. The zero-order valence-corrected chi connectivity index (χ0v) is 16.1. The van der Waals surface area contributed by atoms with Crippen LogP contribution in [0, 0.1) is 5.82 Å². The average Bonchev–Trinajstić information content (AvgIpc) is 2.70. The second kappa shape index (κ2) is 8.26. The Labute approximate surface area is 175 Å². The first-order valence-corrected chi connectivity index (χ1v) is 9.19. The van der Waals surface area contributed by atoms with E-state index in [-0.39, 0.29) is 24.0 Å². The molecule has 0 unspecified atom stereocenters. The van der Waals surface area contributed by atoms with E-state index in [1.54, 1.807) is 30.3 Å². The molecule has 1 aromatic heterocycles. The number of aromatic nitrogens is 1. The molecule has 3 aromatic rings. The fraction of sp³-hybridized carbons (Fsp3) is 0.0500. The molecule has 0 bridgehead atoms. The molecule has 4 rings (SSSR count). The fourth-order valence-corrected chi connectivity index (χ4v) is 3.00. The first-order chi connectivity index (χ1) is 14.5. The van der Waals surface area contributed by atoms with E-state index in [9.17, 15) is 14.0 Å². The summed E-state index contributed by atoms with van der Waals surface area (Å²) in [5, 5.41) is 10.8. The van der Waals surface area contributed by atoms with Crippen LogP contribution in [0.1, 0.15) is 5.56 Å². The molecule has 4 amide bonds. The highest BCUT2D eigenvalue weighted by atomic mass is 35.5. The molecule has 0 radical (unpaired) electrons. The number of nitrogens with zero attached hydrogens (tertiary/aromatic N) is 1. The lowest BCUT2D eigenvalue weighted by Crippen LogP contribution is -2.34. The molecule has 152 valence electrons. The third kappa shape index (κ3) is 4.41. The summed E-state index contributed by atoms with van der Waals surface area (Å²) in [6.45, 7) is 0.204. The lowest BCUT2D eigenvalue weighted by molar-refractivity contribution is 0.250. The topological polar surface area (TPSA) is 104 Å². The van der Waals surface area contributed by atoms with Crippen LogP contribution in [0.15, 0.2) is 54.7 Å². The molecule has 0 atom stereocenters. The van der Waals surface area contributed by atoms with Gasteiger partial charge in [0.25, 0.3) is 0 Å². The van der Waals surface area contributed by atoms with E-state index >= 15 is 0 Å². The fourth-order valence-electron chi connectivity index (χ4n) is 2.81. The summed E-state index contributed by atoms with van der Waals surface area (Å²) in [6.07, 6.45) is 1.45. The van der Waals surface area contributed by atoms with Gasteiger partial charge in [-0.05, 0) is 36.4 Å². The summed E-state index contributed by atoms with van der Waals surface area (Å²) in [7, 11) is 0. The summed E-state index contributed by atoms with van der Waals surface area (Å²) in [4.78, 5) is 27.6. The number of ether oxygens (including phenoxy) is 1. The molecule has 8 nitrogen and oxygen atoms in total. The summed E-state index contributed by atoms with van der Waals surface area (Å²) >= 11 is 5.88. The number of fused-ring (bicyclic) bond motifs is 1. The number of rotatable bonds is 4. The average molecular weight is 428 g/mol. The maximum atomic E-state index is 14.5. The van der Waals surface area contributed by atoms with E-state index in [1.807, 2.05) is 0 Å². The molecule has 30 heavy (non-hydrogen) atoms. The van der Waals surface area contributed by atoms with E-state index in [0.717, 1.165) is 6.07 Å². The molecular formula is C20H15ClFN5O3. The zero-order valence-electron chi connectivity index (χ0n) is 15.3. The van der Waals surface area contributed by atoms with Gasteiger partial charge in [-0.3, -0.25) is 5.32 Å². The van der Waals surface area contributed by atoms with Gasteiger partial charge in [-0.15, -0.1) is 0 Å². The number of carbonyl (C=O) groups is 2. The highest BCUT2D eigenvalue weighted by Gasteiger charge is 2.20. The van der Waals surface area contributed by atoms with Crippen LogP contribution in [0.4, 0.5) is 31.2 Å². The number of anilines is 3. The van der Waals surface area contributed by atoms with Crippen molar-refractivity contribution in [1.82, 2.24) is 10.3 Å². The van der Waals surface area contributed by atoms with Gasteiger partial charge >= 0.3 is 12.1 Å². The Kier molecular flexibility index (Phi) is 5.36. The number of nitrogens with one attached hydrogen (secondary N) is 4. The van der Waals surface area contributed by atoms with Crippen molar-refractivity contribution in [3.63, 3.8) is 0 Å². The van der Waals surface area contributed by atoms with Gasteiger partial charge in [0.05, 0.1) is 12.1 Å². The summed E-state index contributed by atoms with van der Waals surface area (Å²) < 4.78 is 20.2. The number of halogens is 2. The van der Waals surface area contributed by atoms with Crippen molar-refractivity contribution in [3.05, 3.63) is 71.1 Å². The standard InChI is InChI=1S/C20H15ClFN5O3/c21-11-2-1-3-12(8-11)25-20(29)26-13-4-5-17(15(22)9-13)30-16-6-7-23-18-14(16)10-24-19(28)27-18/h1-9H,10H2,(H2,25,26,29)(H2,23,24,27,28). The summed E-state index contributed by atoms with van der Waals surface area (Å²) in [5.74, 6) is -0.00605. The molecule has 0 spiro atoms. The third-order valence-electron chi connectivity index (χ3n) is 4.16. The van der Waals surface area contributed by atoms with Crippen LogP contribution >= 0.6 is 11.6 Å². The van der Waals surface area contributed by atoms with Crippen molar-refractivity contribution in [1.29, 1.82) is 0 Å². The highest BCUT2D eigenvalue weighted by molar-refractivity contribution is 6.30. The number of amides is 4. The second-order valence-corrected chi connectivity index (χ2v) is 6.72.